The molecule has 140 valence electrons. The van der Waals surface area contributed by atoms with E-state index in [-0.39, 0.29) is 39.9 Å². The minimum atomic E-state index is -1.13. The summed E-state index contributed by atoms with van der Waals surface area (Å²) in [5.74, 6) is -2.64. The van der Waals surface area contributed by atoms with Gasteiger partial charge in [-0.1, -0.05) is 31.5 Å². The van der Waals surface area contributed by atoms with Crippen molar-refractivity contribution in [2.24, 2.45) is 0 Å². The van der Waals surface area contributed by atoms with Crippen molar-refractivity contribution in [3.05, 3.63) is 57.1 Å². The van der Waals surface area contributed by atoms with Crippen molar-refractivity contribution in [3.8, 4) is 5.75 Å². The molecular formula is C19H20ClF2NO3. The number of benzene rings is 2. The molecule has 2 aromatic rings. The Bertz CT molecular complexity index is 853. The standard InChI is InChI=1S/C19H20ClF2NO3/c1-9(2)17-15(24)5-4-11(19(17)22)6-12-10(3)18(21)14(7-13(12)20)23-8-16(25)26/h4-5,7,9,23-24H,6,8H2,1-3H3,(H,25,26). The average Bonchev–Trinajstić information content (AvgIpc) is 2.55. The summed E-state index contributed by atoms with van der Waals surface area (Å²) in [6.07, 6.45) is 0.0482. The van der Waals surface area contributed by atoms with Crippen LogP contribution in [0.4, 0.5) is 14.5 Å². The molecule has 7 heteroatoms. The zero-order chi connectivity index (χ0) is 19.6. The maximum absolute atomic E-state index is 14.7. The third-order valence-electron chi connectivity index (χ3n) is 4.19. The lowest BCUT2D eigenvalue weighted by atomic mass is 9.93. The van der Waals surface area contributed by atoms with Crippen LogP contribution >= 0.6 is 11.6 Å². The van der Waals surface area contributed by atoms with E-state index in [4.69, 9.17) is 16.7 Å². The van der Waals surface area contributed by atoms with Gasteiger partial charge in [0.15, 0.2) is 0 Å². The quantitative estimate of drug-likeness (QED) is 0.667. The van der Waals surface area contributed by atoms with Crippen LogP contribution < -0.4 is 5.32 Å². The Kier molecular flexibility index (Phi) is 6.08. The number of nitrogens with one attached hydrogen (secondary N) is 1. The summed E-state index contributed by atoms with van der Waals surface area (Å²) in [7, 11) is 0. The Hall–Kier alpha value is -2.34. The molecule has 0 bridgehead atoms. The molecule has 0 aliphatic carbocycles. The first-order valence-electron chi connectivity index (χ1n) is 8.06. The Morgan fingerprint density at radius 1 is 1.27 bits per heavy atom. The molecule has 4 nitrogen and oxygen atoms in total. The molecule has 0 saturated heterocycles. The summed E-state index contributed by atoms with van der Waals surface area (Å²) in [5, 5.41) is 21.2. The van der Waals surface area contributed by atoms with E-state index in [9.17, 15) is 18.7 Å². The van der Waals surface area contributed by atoms with Crippen LogP contribution in [0.25, 0.3) is 0 Å². The van der Waals surface area contributed by atoms with Gasteiger partial charge in [-0.15, -0.1) is 0 Å². The Balaban J connectivity index is 2.44. The molecule has 0 spiro atoms. The van der Waals surface area contributed by atoms with Crippen LogP contribution in [0.15, 0.2) is 18.2 Å². The van der Waals surface area contributed by atoms with E-state index >= 15 is 0 Å². The SMILES string of the molecule is Cc1c(F)c(NCC(=O)O)cc(Cl)c1Cc1ccc(O)c(C(C)C)c1F. The van der Waals surface area contributed by atoms with E-state index in [1.807, 2.05) is 0 Å². The molecule has 0 aromatic heterocycles. The molecule has 0 atom stereocenters. The van der Waals surface area contributed by atoms with Crippen LogP contribution in [0.3, 0.4) is 0 Å². The zero-order valence-electron chi connectivity index (χ0n) is 14.7. The van der Waals surface area contributed by atoms with Crippen molar-refractivity contribution in [1.82, 2.24) is 0 Å². The van der Waals surface area contributed by atoms with Crippen molar-refractivity contribution in [2.75, 3.05) is 11.9 Å². The van der Waals surface area contributed by atoms with Gasteiger partial charge in [-0.05, 0) is 41.7 Å². The molecule has 0 saturated carbocycles. The van der Waals surface area contributed by atoms with E-state index in [0.717, 1.165) is 0 Å². The largest absolute Gasteiger partial charge is 0.508 e. The number of hydrogen-bond donors (Lipinski definition) is 3. The molecule has 0 unspecified atom stereocenters. The fourth-order valence-corrected chi connectivity index (χ4v) is 3.13. The highest BCUT2D eigenvalue weighted by molar-refractivity contribution is 6.31. The molecule has 2 aromatic carbocycles. The van der Waals surface area contributed by atoms with Crippen LogP contribution in [-0.4, -0.2) is 22.7 Å². The number of anilines is 1. The number of carbonyl (C=O) groups is 1. The molecule has 0 radical (unpaired) electrons. The third-order valence-corrected chi connectivity index (χ3v) is 4.53. The van der Waals surface area contributed by atoms with E-state index < -0.39 is 24.1 Å². The van der Waals surface area contributed by atoms with Gasteiger partial charge in [-0.2, -0.15) is 0 Å². The number of carboxylic acid groups (broad SMARTS) is 1. The first kappa shape index (κ1) is 20.0. The predicted octanol–water partition coefficient (Wildman–Crippen LogP) is 4.84. The maximum atomic E-state index is 14.7. The van der Waals surface area contributed by atoms with Crippen molar-refractivity contribution in [2.45, 2.75) is 33.1 Å². The van der Waals surface area contributed by atoms with E-state index in [1.54, 1.807) is 13.8 Å². The molecule has 0 aliphatic heterocycles. The normalized spacial score (nSPS) is 11.0. The Morgan fingerprint density at radius 2 is 1.92 bits per heavy atom. The molecule has 26 heavy (non-hydrogen) atoms. The number of aliphatic carboxylic acids is 1. The molecule has 0 heterocycles. The number of aromatic hydroxyl groups is 1. The minimum Gasteiger partial charge on any atom is -0.508 e. The highest BCUT2D eigenvalue weighted by Crippen LogP contribution is 2.34. The molecule has 0 aliphatic rings. The average molecular weight is 384 g/mol. The minimum absolute atomic E-state index is 0.0207. The topological polar surface area (TPSA) is 69.6 Å². The molecular weight excluding hydrogens is 364 g/mol. The molecule has 0 fully saturated rings. The van der Waals surface area contributed by atoms with Crippen molar-refractivity contribution < 1.29 is 23.8 Å². The van der Waals surface area contributed by atoms with E-state index in [1.165, 1.54) is 25.1 Å². The molecule has 3 N–H and O–H groups in total. The maximum Gasteiger partial charge on any atom is 0.322 e. The van der Waals surface area contributed by atoms with Gasteiger partial charge in [-0.3, -0.25) is 4.79 Å². The van der Waals surface area contributed by atoms with Gasteiger partial charge in [0.05, 0.1) is 5.69 Å². The summed E-state index contributed by atoms with van der Waals surface area (Å²) in [5.41, 5.74) is 1.10. The highest BCUT2D eigenvalue weighted by Gasteiger charge is 2.20. The second-order valence-electron chi connectivity index (χ2n) is 6.37. The number of halogens is 3. The van der Waals surface area contributed by atoms with Crippen LogP contribution in [0, 0.1) is 18.6 Å². The van der Waals surface area contributed by atoms with Crippen molar-refractivity contribution >= 4 is 23.3 Å². The van der Waals surface area contributed by atoms with Crippen LogP contribution in [0.2, 0.25) is 5.02 Å². The monoisotopic (exact) mass is 383 g/mol. The van der Waals surface area contributed by atoms with Gasteiger partial charge in [-0.25, -0.2) is 8.78 Å². The summed E-state index contributed by atoms with van der Waals surface area (Å²) in [6.45, 7) is 4.59. The number of hydrogen-bond acceptors (Lipinski definition) is 3. The second-order valence-corrected chi connectivity index (χ2v) is 6.78. The number of rotatable bonds is 6. The molecule has 0 amide bonds. The van der Waals surface area contributed by atoms with Crippen molar-refractivity contribution in [1.29, 1.82) is 0 Å². The summed E-state index contributed by atoms with van der Waals surface area (Å²) in [4.78, 5) is 10.6. The van der Waals surface area contributed by atoms with Gasteiger partial charge < -0.3 is 15.5 Å². The number of phenols is 1. The Morgan fingerprint density at radius 3 is 2.50 bits per heavy atom. The van der Waals surface area contributed by atoms with Gasteiger partial charge in [0.2, 0.25) is 0 Å². The zero-order valence-corrected chi connectivity index (χ0v) is 15.4. The first-order valence-corrected chi connectivity index (χ1v) is 8.44. The van der Waals surface area contributed by atoms with Gasteiger partial charge in [0.1, 0.15) is 23.9 Å². The van der Waals surface area contributed by atoms with Crippen molar-refractivity contribution in [3.63, 3.8) is 0 Å². The van der Waals surface area contributed by atoms with Crippen LogP contribution in [-0.2, 0) is 11.2 Å². The second kappa shape index (κ2) is 7.91. The third kappa shape index (κ3) is 4.07. The lowest BCUT2D eigenvalue weighted by Gasteiger charge is -2.17. The van der Waals surface area contributed by atoms with Gasteiger partial charge in [0.25, 0.3) is 0 Å². The Labute approximate surface area is 155 Å². The molecule has 2 rings (SSSR count). The predicted molar refractivity (Wildman–Crippen MR) is 97.2 cm³/mol. The van der Waals surface area contributed by atoms with Gasteiger partial charge in [0, 0.05) is 17.0 Å². The fraction of sp³-hybridized carbons (Fsp3) is 0.316. The summed E-state index contributed by atoms with van der Waals surface area (Å²) in [6, 6.07) is 4.15. The number of phenolic OH excluding ortho intramolecular Hbond substituents is 1. The van der Waals surface area contributed by atoms with Crippen LogP contribution in [0.5, 0.6) is 5.75 Å². The van der Waals surface area contributed by atoms with Gasteiger partial charge >= 0.3 is 5.97 Å². The van der Waals surface area contributed by atoms with E-state index in [2.05, 4.69) is 5.32 Å². The lowest BCUT2D eigenvalue weighted by Crippen LogP contribution is -2.14. The smallest absolute Gasteiger partial charge is 0.322 e. The summed E-state index contributed by atoms with van der Waals surface area (Å²) < 4.78 is 29.3. The number of carboxylic acids is 1. The van der Waals surface area contributed by atoms with E-state index in [0.29, 0.717) is 11.1 Å². The fourth-order valence-electron chi connectivity index (χ4n) is 2.81. The highest BCUT2D eigenvalue weighted by atomic mass is 35.5. The lowest BCUT2D eigenvalue weighted by molar-refractivity contribution is -0.134. The summed E-state index contributed by atoms with van der Waals surface area (Å²) >= 11 is 6.23. The first-order chi connectivity index (χ1) is 12.1. The van der Waals surface area contributed by atoms with Crippen LogP contribution in [0.1, 0.15) is 42.0 Å².